The van der Waals surface area contributed by atoms with E-state index in [1.165, 1.54) is 41.0 Å². The summed E-state index contributed by atoms with van der Waals surface area (Å²) in [6.45, 7) is 0.728. The first-order chi connectivity index (χ1) is 15.0. The van der Waals surface area contributed by atoms with E-state index in [2.05, 4.69) is 4.72 Å². The molecule has 0 fully saturated rings. The van der Waals surface area contributed by atoms with E-state index >= 15 is 0 Å². The molecule has 0 atom stereocenters. The number of benzene rings is 1. The molecule has 0 saturated carbocycles. The van der Waals surface area contributed by atoms with Gasteiger partial charge in [-0.3, -0.25) is 14.3 Å². The number of carbonyl (C=O) groups excluding carboxylic acids is 1. The number of amides is 1. The number of ether oxygens (including phenoxy) is 1. The molecule has 32 heavy (non-hydrogen) atoms. The number of methoxy groups -OCH3 is 1. The SMILES string of the molecule is COc1c2n(c3c(NS(C)(=O)=O)cn(Cc4ccc(F)c(Cl)c4)c(=O)c13)CCN(C)C2=O. The topological polar surface area (TPSA) is 103 Å². The van der Waals surface area contributed by atoms with E-state index in [-0.39, 0.29) is 45.5 Å². The van der Waals surface area contributed by atoms with E-state index in [0.29, 0.717) is 18.7 Å². The van der Waals surface area contributed by atoms with Crippen molar-refractivity contribution in [2.75, 3.05) is 31.7 Å². The van der Waals surface area contributed by atoms with Gasteiger partial charge in [-0.2, -0.15) is 0 Å². The van der Waals surface area contributed by atoms with Crippen molar-refractivity contribution in [1.82, 2.24) is 14.0 Å². The average Bonchev–Trinajstić information content (AvgIpc) is 3.05. The van der Waals surface area contributed by atoms with E-state index in [1.54, 1.807) is 11.6 Å². The fourth-order valence-electron chi connectivity index (χ4n) is 3.89. The van der Waals surface area contributed by atoms with Gasteiger partial charge in [0.2, 0.25) is 10.0 Å². The zero-order chi connectivity index (χ0) is 23.4. The minimum Gasteiger partial charge on any atom is -0.493 e. The Labute approximate surface area is 188 Å². The van der Waals surface area contributed by atoms with Gasteiger partial charge in [0.15, 0.2) is 11.4 Å². The van der Waals surface area contributed by atoms with Crippen molar-refractivity contribution in [3.05, 3.63) is 56.8 Å². The molecule has 4 rings (SSSR count). The molecule has 0 spiro atoms. The van der Waals surface area contributed by atoms with E-state index in [4.69, 9.17) is 16.3 Å². The van der Waals surface area contributed by atoms with Crippen molar-refractivity contribution in [2.45, 2.75) is 13.1 Å². The summed E-state index contributed by atoms with van der Waals surface area (Å²) in [4.78, 5) is 27.8. The van der Waals surface area contributed by atoms with Crippen molar-refractivity contribution in [1.29, 1.82) is 0 Å². The quantitative estimate of drug-likeness (QED) is 0.600. The summed E-state index contributed by atoms with van der Waals surface area (Å²) in [5.74, 6) is -0.863. The van der Waals surface area contributed by atoms with Gasteiger partial charge in [-0.05, 0) is 17.7 Å². The molecule has 2 aromatic heterocycles. The minimum absolute atomic E-state index is 0.00919. The van der Waals surface area contributed by atoms with E-state index in [1.807, 2.05) is 0 Å². The smallest absolute Gasteiger partial charge is 0.274 e. The number of hydrogen-bond acceptors (Lipinski definition) is 5. The third-order valence-corrected chi connectivity index (χ3v) is 6.16. The molecule has 1 aliphatic rings. The number of nitrogens with zero attached hydrogens (tertiary/aromatic N) is 3. The molecular weight excluding hydrogens is 463 g/mol. The van der Waals surface area contributed by atoms with Gasteiger partial charge in [-0.25, -0.2) is 12.8 Å². The number of aromatic nitrogens is 2. The van der Waals surface area contributed by atoms with Gasteiger partial charge in [0.1, 0.15) is 11.2 Å². The third kappa shape index (κ3) is 3.71. The van der Waals surface area contributed by atoms with Crippen LogP contribution in [0.15, 0.2) is 29.2 Å². The van der Waals surface area contributed by atoms with Crippen LogP contribution in [-0.2, 0) is 23.1 Å². The molecule has 1 aliphatic heterocycles. The van der Waals surface area contributed by atoms with E-state index < -0.39 is 21.4 Å². The molecule has 0 radical (unpaired) electrons. The molecule has 0 aliphatic carbocycles. The highest BCUT2D eigenvalue weighted by atomic mass is 35.5. The summed E-state index contributed by atoms with van der Waals surface area (Å²) < 4.78 is 48.4. The first-order valence-electron chi connectivity index (χ1n) is 9.52. The maximum absolute atomic E-state index is 13.5. The predicted octanol–water partition coefficient (Wildman–Crippen LogP) is 2.11. The Bertz CT molecular complexity index is 1430. The normalized spacial score (nSPS) is 14.0. The fraction of sp³-hybridized carbons (Fsp3) is 0.300. The third-order valence-electron chi connectivity index (χ3n) is 5.28. The van der Waals surface area contributed by atoms with Crippen molar-refractivity contribution in [3.8, 4) is 5.75 Å². The standard InChI is InChI=1S/C20H20ClFN4O5S/c1-24-6-7-26-16-14(23-32(3,29)30)10-25(9-11-4-5-13(22)12(21)8-11)19(27)15(16)18(31-2)17(26)20(24)28/h4-5,8,10,23H,6-7,9H2,1-3H3. The van der Waals surface area contributed by atoms with Gasteiger partial charge in [-0.1, -0.05) is 17.7 Å². The summed E-state index contributed by atoms with van der Waals surface area (Å²) in [5.41, 5.74) is 0.599. The number of hydrogen-bond donors (Lipinski definition) is 1. The van der Waals surface area contributed by atoms with Crippen LogP contribution in [0.25, 0.3) is 10.9 Å². The summed E-state index contributed by atoms with van der Waals surface area (Å²) in [6.07, 6.45) is 2.35. The Morgan fingerprint density at radius 3 is 2.59 bits per heavy atom. The van der Waals surface area contributed by atoms with Crippen molar-refractivity contribution < 1.29 is 22.3 Å². The summed E-state index contributed by atoms with van der Waals surface area (Å²) in [6, 6.07) is 4.04. The first kappa shape index (κ1) is 22.2. The van der Waals surface area contributed by atoms with Crippen molar-refractivity contribution in [2.24, 2.45) is 0 Å². The van der Waals surface area contributed by atoms with Gasteiger partial charge in [-0.15, -0.1) is 0 Å². The largest absolute Gasteiger partial charge is 0.493 e. The maximum atomic E-state index is 13.5. The summed E-state index contributed by atoms with van der Waals surface area (Å²) >= 11 is 5.86. The number of rotatable bonds is 5. The van der Waals surface area contributed by atoms with Crippen molar-refractivity contribution >= 4 is 44.1 Å². The average molecular weight is 483 g/mol. The van der Waals surface area contributed by atoms with Gasteiger partial charge in [0, 0.05) is 26.3 Å². The Hall–Kier alpha value is -3.05. The molecule has 3 heterocycles. The molecule has 9 nitrogen and oxygen atoms in total. The zero-order valence-electron chi connectivity index (χ0n) is 17.5. The Morgan fingerprint density at radius 1 is 1.25 bits per heavy atom. The number of sulfonamides is 1. The summed E-state index contributed by atoms with van der Waals surface area (Å²) in [5, 5.41) is -0.0235. The monoisotopic (exact) mass is 482 g/mol. The number of fused-ring (bicyclic) bond motifs is 3. The molecule has 3 aromatic rings. The van der Waals surface area contributed by atoms with Crippen molar-refractivity contribution in [3.63, 3.8) is 0 Å². The van der Waals surface area contributed by atoms with Crippen LogP contribution < -0.4 is 15.0 Å². The lowest BCUT2D eigenvalue weighted by Gasteiger charge is -2.25. The van der Waals surface area contributed by atoms with Crippen LogP contribution in [0.2, 0.25) is 5.02 Å². The van der Waals surface area contributed by atoms with Gasteiger partial charge in [0.25, 0.3) is 11.5 Å². The number of pyridine rings is 1. The Kier molecular flexibility index (Phi) is 5.41. The first-order valence-corrected chi connectivity index (χ1v) is 11.8. The molecular formula is C20H20ClFN4O5S. The van der Waals surface area contributed by atoms with Crippen LogP contribution in [0, 0.1) is 5.82 Å². The van der Waals surface area contributed by atoms with Crippen LogP contribution in [0.5, 0.6) is 5.75 Å². The van der Waals surface area contributed by atoms with Crippen LogP contribution in [-0.4, -0.2) is 55.3 Å². The highest BCUT2D eigenvalue weighted by Crippen LogP contribution is 2.37. The second kappa shape index (κ2) is 7.82. The van der Waals surface area contributed by atoms with Gasteiger partial charge < -0.3 is 18.8 Å². The highest BCUT2D eigenvalue weighted by Gasteiger charge is 2.33. The number of anilines is 1. The zero-order valence-corrected chi connectivity index (χ0v) is 19.1. The van der Waals surface area contributed by atoms with Crippen LogP contribution in [0.1, 0.15) is 16.1 Å². The number of likely N-dealkylation sites (N-methyl/N-ethyl adjacent to an activating group) is 1. The molecule has 0 bridgehead atoms. The lowest BCUT2D eigenvalue weighted by atomic mass is 10.2. The maximum Gasteiger partial charge on any atom is 0.274 e. The second-order valence-corrected chi connectivity index (χ2v) is 9.74. The fourth-order valence-corrected chi connectivity index (χ4v) is 4.64. The molecule has 0 saturated heterocycles. The van der Waals surface area contributed by atoms with Crippen LogP contribution >= 0.6 is 11.6 Å². The van der Waals surface area contributed by atoms with E-state index in [0.717, 1.165) is 6.26 Å². The molecule has 12 heteroatoms. The lowest BCUT2D eigenvalue weighted by molar-refractivity contribution is 0.0746. The lowest BCUT2D eigenvalue weighted by Crippen LogP contribution is -2.37. The van der Waals surface area contributed by atoms with Crippen LogP contribution in [0.3, 0.4) is 0 Å². The molecule has 1 N–H and O–H groups in total. The van der Waals surface area contributed by atoms with Gasteiger partial charge >= 0.3 is 0 Å². The minimum atomic E-state index is -3.72. The summed E-state index contributed by atoms with van der Waals surface area (Å²) in [7, 11) is -0.738. The Morgan fingerprint density at radius 2 is 1.97 bits per heavy atom. The molecule has 1 aromatic carbocycles. The molecule has 1 amide bonds. The van der Waals surface area contributed by atoms with Crippen LogP contribution in [0.4, 0.5) is 10.1 Å². The van der Waals surface area contributed by atoms with E-state index in [9.17, 15) is 22.4 Å². The number of nitrogens with one attached hydrogen (secondary N) is 1. The number of halogens is 2. The molecule has 0 unspecified atom stereocenters. The highest BCUT2D eigenvalue weighted by molar-refractivity contribution is 7.92. The number of carbonyl (C=O) groups is 1. The second-order valence-electron chi connectivity index (χ2n) is 7.58. The Balaban J connectivity index is 2.03. The predicted molar refractivity (Wildman–Crippen MR) is 119 cm³/mol. The van der Waals surface area contributed by atoms with Gasteiger partial charge in [0.05, 0.1) is 36.1 Å². The molecule has 170 valence electrons.